The zero-order valence-corrected chi connectivity index (χ0v) is 17.1. The molecule has 2 aromatic heterocycles. The zero-order valence-electron chi connectivity index (χ0n) is 17.1. The number of rotatable bonds is 8. The molecule has 0 radical (unpaired) electrons. The topological polar surface area (TPSA) is 96.1 Å². The van der Waals surface area contributed by atoms with E-state index in [2.05, 4.69) is 9.88 Å². The van der Waals surface area contributed by atoms with Crippen LogP contribution >= 0.6 is 0 Å². The van der Waals surface area contributed by atoms with E-state index in [-0.39, 0.29) is 5.57 Å². The van der Waals surface area contributed by atoms with Crippen LogP contribution in [0.1, 0.15) is 23.9 Å². The van der Waals surface area contributed by atoms with Crippen LogP contribution in [0.25, 0.3) is 6.08 Å². The summed E-state index contributed by atoms with van der Waals surface area (Å²) in [7, 11) is 0. The van der Waals surface area contributed by atoms with E-state index >= 15 is 0 Å². The lowest BCUT2D eigenvalue weighted by Crippen LogP contribution is -2.39. The van der Waals surface area contributed by atoms with Gasteiger partial charge in [0.05, 0.1) is 30.7 Å². The number of aliphatic hydroxyl groups is 1. The Labute approximate surface area is 180 Å². The van der Waals surface area contributed by atoms with Gasteiger partial charge in [0.1, 0.15) is 11.8 Å². The summed E-state index contributed by atoms with van der Waals surface area (Å²) in [6, 6.07) is 8.03. The average molecular weight is 423 g/mol. The highest BCUT2D eigenvalue weighted by atomic mass is 16.5. The van der Waals surface area contributed by atoms with E-state index < -0.39 is 23.5 Å². The van der Waals surface area contributed by atoms with Crippen molar-refractivity contribution in [3.05, 3.63) is 71.7 Å². The molecular formula is C23H25N3O5. The molecule has 2 aromatic rings. The third-order valence-electron chi connectivity index (χ3n) is 5.46. The lowest BCUT2D eigenvalue weighted by atomic mass is 9.99. The maximum Gasteiger partial charge on any atom is 0.290 e. The van der Waals surface area contributed by atoms with E-state index in [0.717, 1.165) is 19.6 Å². The molecule has 0 aromatic carbocycles. The monoisotopic (exact) mass is 423 g/mol. The number of ether oxygens (including phenoxy) is 1. The number of nitrogens with zero attached hydrogens (tertiary/aromatic N) is 3. The van der Waals surface area contributed by atoms with Crippen LogP contribution in [0.5, 0.6) is 0 Å². The predicted molar refractivity (Wildman–Crippen MR) is 113 cm³/mol. The molecule has 1 amide bonds. The standard InChI is InChI=1S/C23H25N3O5/c27-19(8-7-17-5-3-14-31-17)20-21(18-6-1-2-9-24-18)26(23(29)22(20)28)11-4-10-25-12-15-30-16-13-25/h1-3,5-9,14,21,28H,4,10-13,15-16H2/b8-7+. The summed E-state index contributed by atoms with van der Waals surface area (Å²) >= 11 is 0. The predicted octanol–water partition coefficient (Wildman–Crippen LogP) is 2.37. The van der Waals surface area contributed by atoms with Gasteiger partial charge in [-0.05, 0) is 42.8 Å². The summed E-state index contributed by atoms with van der Waals surface area (Å²) in [6.07, 6.45) is 6.66. The fourth-order valence-electron chi connectivity index (χ4n) is 3.90. The van der Waals surface area contributed by atoms with Crippen molar-refractivity contribution in [1.29, 1.82) is 0 Å². The third-order valence-corrected chi connectivity index (χ3v) is 5.46. The number of carbonyl (C=O) groups is 2. The van der Waals surface area contributed by atoms with E-state index in [1.54, 1.807) is 36.5 Å². The number of aliphatic hydroxyl groups excluding tert-OH is 1. The molecule has 0 saturated carbocycles. The fraction of sp³-hybridized carbons (Fsp3) is 0.348. The number of aromatic nitrogens is 1. The smallest absolute Gasteiger partial charge is 0.290 e. The Morgan fingerprint density at radius 3 is 2.74 bits per heavy atom. The van der Waals surface area contributed by atoms with Crippen molar-refractivity contribution in [2.24, 2.45) is 0 Å². The second-order valence-corrected chi connectivity index (χ2v) is 7.44. The van der Waals surface area contributed by atoms with Crippen molar-refractivity contribution in [3.8, 4) is 0 Å². The van der Waals surface area contributed by atoms with Crippen LogP contribution < -0.4 is 0 Å². The van der Waals surface area contributed by atoms with Gasteiger partial charge in [0, 0.05) is 32.4 Å². The van der Waals surface area contributed by atoms with Crippen LogP contribution in [0.3, 0.4) is 0 Å². The molecule has 0 bridgehead atoms. The molecule has 8 nitrogen and oxygen atoms in total. The lowest BCUT2D eigenvalue weighted by molar-refractivity contribution is -0.129. The Bertz CT molecular complexity index is 962. The highest BCUT2D eigenvalue weighted by Crippen LogP contribution is 2.37. The van der Waals surface area contributed by atoms with Crippen molar-refractivity contribution in [2.45, 2.75) is 12.5 Å². The van der Waals surface area contributed by atoms with Crippen molar-refractivity contribution in [3.63, 3.8) is 0 Å². The molecule has 4 rings (SSSR count). The fourth-order valence-corrected chi connectivity index (χ4v) is 3.90. The van der Waals surface area contributed by atoms with Crippen molar-refractivity contribution in [2.75, 3.05) is 39.4 Å². The maximum absolute atomic E-state index is 13.0. The van der Waals surface area contributed by atoms with Crippen LogP contribution in [0.2, 0.25) is 0 Å². The molecular weight excluding hydrogens is 398 g/mol. The van der Waals surface area contributed by atoms with E-state index in [0.29, 0.717) is 37.6 Å². The molecule has 1 fully saturated rings. The van der Waals surface area contributed by atoms with Gasteiger partial charge in [0.2, 0.25) is 0 Å². The third kappa shape index (κ3) is 4.76. The Morgan fingerprint density at radius 2 is 2.03 bits per heavy atom. The van der Waals surface area contributed by atoms with Gasteiger partial charge < -0.3 is 19.2 Å². The van der Waals surface area contributed by atoms with Gasteiger partial charge in [-0.2, -0.15) is 0 Å². The number of hydrogen-bond acceptors (Lipinski definition) is 7. The van der Waals surface area contributed by atoms with Gasteiger partial charge in [-0.3, -0.25) is 19.5 Å². The quantitative estimate of drug-likeness (QED) is 0.651. The molecule has 31 heavy (non-hydrogen) atoms. The molecule has 2 aliphatic heterocycles. The Hall–Kier alpha value is -3.23. The van der Waals surface area contributed by atoms with Crippen LogP contribution in [0.15, 0.2) is 64.6 Å². The van der Waals surface area contributed by atoms with E-state index in [1.165, 1.54) is 23.3 Å². The van der Waals surface area contributed by atoms with Gasteiger partial charge >= 0.3 is 0 Å². The van der Waals surface area contributed by atoms with Gasteiger partial charge in [0.25, 0.3) is 5.91 Å². The maximum atomic E-state index is 13.0. The number of amides is 1. The second-order valence-electron chi connectivity index (χ2n) is 7.44. The summed E-state index contributed by atoms with van der Waals surface area (Å²) in [5, 5.41) is 10.6. The van der Waals surface area contributed by atoms with Crippen LogP contribution in [-0.2, 0) is 14.3 Å². The molecule has 1 N–H and O–H groups in total. The molecule has 0 spiro atoms. The summed E-state index contributed by atoms with van der Waals surface area (Å²) in [5.74, 6) is -1.01. The number of furan rings is 1. The molecule has 8 heteroatoms. The number of pyridine rings is 1. The lowest BCUT2D eigenvalue weighted by Gasteiger charge is -2.29. The minimum Gasteiger partial charge on any atom is -0.503 e. The summed E-state index contributed by atoms with van der Waals surface area (Å²) in [6.45, 7) is 4.36. The SMILES string of the molecule is O=C(/C=C/c1ccco1)C1=C(O)C(=O)N(CCCN2CCOCC2)C1c1ccccn1. The first-order valence-corrected chi connectivity index (χ1v) is 10.4. The Balaban J connectivity index is 1.54. The van der Waals surface area contributed by atoms with Crippen molar-refractivity contribution < 1.29 is 23.8 Å². The van der Waals surface area contributed by atoms with Crippen LogP contribution in [0.4, 0.5) is 0 Å². The van der Waals surface area contributed by atoms with Crippen LogP contribution in [0, 0.1) is 0 Å². The van der Waals surface area contributed by atoms with Crippen molar-refractivity contribution in [1.82, 2.24) is 14.8 Å². The average Bonchev–Trinajstić information content (AvgIpc) is 3.41. The molecule has 1 atom stereocenters. The number of allylic oxidation sites excluding steroid dienone is 1. The summed E-state index contributed by atoms with van der Waals surface area (Å²) < 4.78 is 10.6. The molecule has 2 aliphatic rings. The largest absolute Gasteiger partial charge is 0.503 e. The Kier molecular flexibility index (Phi) is 6.59. The number of morpholine rings is 1. The first-order valence-electron chi connectivity index (χ1n) is 10.4. The highest BCUT2D eigenvalue weighted by Gasteiger charge is 2.43. The van der Waals surface area contributed by atoms with Crippen molar-refractivity contribution >= 4 is 17.8 Å². The van der Waals surface area contributed by atoms with Gasteiger partial charge in [-0.1, -0.05) is 6.07 Å². The van der Waals surface area contributed by atoms with Gasteiger partial charge in [0.15, 0.2) is 11.5 Å². The molecule has 0 aliphatic carbocycles. The molecule has 162 valence electrons. The second kappa shape index (κ2) is 9.72. The molecule has 1 unspecified atom stereocenters. The van der Waals surface area contributed by atoms with Crippen LogP contribution in [-0.4, -0.2) is 71.0 Å². The normalized spacial score (nSPS) is 20.2. The number of ketones is 1. The highest BCUT2D eigenvalue weighted by molar-refractivity contribution is 6.14. The summed E-state index contributed by atoms with van der Waals surface area (Å²) in [5.41, 5.74) is 0.582. The first-order chi connectivity index (χ1) is 15.1. The Morgan fingerprint density at radius 1 is 1.19 bits per heavy atom. The minimum atomic E-state index is -0.729. The van der Waals surface area contributed by atoms with E-state index in [9.17, 15) is 14.7 Å². The molecule has 4 heterocycles. The molecule has 1 saturated heterocycles. The first kappa shape index (κ1) is 21.0. The van der Waals surface area contributed by atoms with E-state index in [1.807, 2.05) is 0 Å². The minimum absolute atomic E-state index is 0.0397. The van der Waals surface area contributed by atoms with Gasteiger partial charge in [-0.15, -0.1) is 0 Å². The summed E-state index contributed by atoms with van der Waals surface area (Å²) in [4.78, 5) is 34.0. The number of carbonyl (C=O) groups excluding carboxylic acids is 2. The zero-order chi connectivity index (χ0) is 21.6. The van der Waals surface area contributed by atoms with Gasteiger partial charge in [-0.25, -0.2) is 0 Å². The number of hydrogen-bond donors (Lipinski definition) is 1. The van der Waals surface area contributed by atoms with E-state index in [4.69, 9.17) is 9.15 Å².